The highest BCUT2D eigenvalue weighted by molar-refractivity contribution is 6.31. The molecule has 8 heteroatoms. The molecule has 5 nitrogen and oxygen atoms in total. The van der Waals surface area contributed by atoms with Crippen LogP contribution in [0.25, 0.3) is 0 Å². The predicted octanol–water partition coefficient (Wildman–Crippen LogP) is 2.58. The van der Waals surface area contributed by atoms with Gasteiger partial charge < -0.3 is 9.47 Å². The number of hydrogen-bond acceptors (Lipinski definition) is 4. The third-order valence-corrected chi connectivity index (χ3v) is 2.45. The summed E-state index contributed by atoms with van der Waals surface area (Å²) in [5.41, 5.74) is -0.186. The van der Waals surface area contributed by atoms with Gasteiger partial charge in [0.1, 0.15) is 0 Å². The Labute approximate surface area is 113 Å². The summed E-state index contributed by atoms with van der Waals surface area (Å²) in [5.74, 6) is -1.16. The molecule has 0 bridgehead atoms. The maximum atomic E-state index is 12.4. The summed E-state index contributed by atoms with van der Waals surface area (Å²) in [7, 11) is 3.83. The number of halogens is 3. The van der Waals surface area contributed by atoms with Crippen LogP contribution in [0.1, 0.15) is 10.4 Å². The molecule has 106 valence electrons. The van der Waals surface area contributed by atoms with Crippen molar-refractivity contribution in [1.29, 1.82) is 0 Å². The summed E-state index contributed by atoms with van der Waals surface area (Å²) < 4.78 is 34.0. The Balaban J connectivity index is 3.34. The van der Waals surface area contributed by atoms with Gasteiger partial charge in [0, 0.05) is 18.1 Å². The summed E-state index contributed by atoms with van der Waals surface area (Å²) in [6.07, 6.45) is 0. The van der Waals surface area contributed by atoms with Gasteiger partial charge in [-0.05, 0) is 6.07 Å². The highest BCUT2D eigenvalue weighted by Gasteiger charge is 2.24. The number of ether oxygens (including phenoxy) is 2. The highest BCUT2D eigenvalue weighted by atomic mass is 35.5. The first-order valence-electron chi connectivity index (χ1n) is 5.05. The zero-order chi connectivity index (χ0) is 14.6. The van der Waals surface area contributed by atoms with E-state index >= 15 is 0 Å². The van der Waals surface area contributed by atoms with Crippen molar-refractivity contribution in [3.8, 4) is 11.5 Å². The molecule has 0 radical (unpaired) electrons. The molecule has 0 spiro atoms. The van der Waals surface area contributed by atoms with Crippen LogP contribution in [0.2, 0.25) is 5.02 Å². The number of nitrogens with zero attached hydrogens (tertiary/aromatic N) is 1. The largest absolute Gasteiger partial charge is 0.493 e. The molecule has 0 unspecified atom stereocenters. The number of rotatable bonds is 5. The average molecular weight is 296 g/mol. The van der Waals surface area contributed by atoms with Gasteiger partial charge in [-0.1, -0.05) is 11.6 Å². The summed E-state index contributed by atoms with van der Waals surface area (Å²) in [5, 5.41) is 0.995. The van der Waals surface area contributed by atoms with E-state index in [1.165, 1.54) is 33.4 Å². The second kappa shape index (κ2) is 6.53. The lowest BCUT2D eigenvalue weighted by atomic mass is 10.1. The van der Waals surface area contributed by atoms with Gasteiger partial charge in [-0.2, -0.15) is 8.78 Å². The van der Waals surface area contributed by atoms with E-state index in [1.54, 1.807) is 0 Å². The third kappa shape index (κ3) is 3.68. The number of benzene rings is 1. The average Bonchev–Trinajstić information content (AvgIpc) is 2.37. The van der Waals surface area contributed by atoms with Gasteiger partial charge in [-0.3, -0.25) is 9.63 Å². The van der Waals surface area contributed by atoms with Crippen molar-refractivity contribution in [2.75, 3.05) is 21.3 Å². The van der Waals surface area contributed by atoms with E-state index in [0.29, 0.717) is 0 Å². The Kier molecular flexibility index (Phi) is 5.31. The second-order valence-electron chi connectivity index (χ2n) is 3.35. The number of carbonyl (C=O) groups is 1. The Morgan fingerprint density at radius 2 is 2.00 bits per heavy atom. The van der Waals surface area contributed by atoms with Crippen LogP contribution in [0.3, 0.4) is 0 Å². The first-order chi connectivity index (χ1) is 8.90. The number of alkyl halides is 2. The minimum Gasteiger partial charge on any atom is -0.493 e. The Morgan fingerprint density at radius 1 is 1.37 bits per heavy atom. The monoisotopic (exact) mass is 295 g/mol. The predicted molar refractivity (Wildman–Crippen MR) is 63.7 cm³/mol. The molecule has 0 saturated heterocycles. The number of hydroxylamine groups is 2. The summed E-state index contributed by atoms with van der Waals surface area (Å²) in [6, 6.07) is 2.46. The molecule has 1 aromatic carbocycles. The fourth-order valence-corrected chi connectivity index (χ4v) is 1.55. The van der Waals surface area contributed by atoms with Crippen LogP contribution < -0.4 is 9.47 Å². The lowest BCUT2D eigenvalue weighted by molar-refractivity contribution is -0.0772. The molecule has 1 aromatic rings. The van der Waals surface area contributed by atoms with Gasteiger partial charge in [0.25, 0.3) is 5.91 Å². The smallest absolute Gasteiger partial charge is 0.387 e. The Hall–Kier alpha value is -1.60. The van der Waals surface area contributed by atoms with Gasteiger partial charge in [0.2, 0.25) is 0 Å². The minimum absolute atomic E-state index is 0.0688. The molecule has 0 fully saturated rings. The third-order valence-electron chi connectivity index (χ3n) is 2.24. The van der Waals surface area contributed by atoms with Crippen molar-refractivity contribution >= 4 is 17.5 Å². The molecule has 0 N–H and O–H groups in total. The van der Waals surface area contributed by atoms with Gasteiger partial charge in [0.05, 0.1) is 19.8 Å². The highest BCUT2D eigenvalue weighted by Crippen LogP contribution is 2.36. The number of carbonyl (C=O) groups excluding carboxylic acids is 1. The van der Waals surface area contributed by atoms with Gasteiger partial charge in [-0.25, -0.2) is 5.06 Å². The molecule has 0 heterocycles. The van der Waals surface area contributed by atoms with Crippen LogP contribution in [0.5, 0.6) is 11.5 Å². The van der Waals surface area contributed by atoms with E-state index < -0.39 is 18.3 Å². The molecule has 1 amide bonds. The van der Waals surface area contributed by atoms with Crippen LogP contribution in [-0.2, 0) is 4.84 Å². The van der Waals surface area contributed by atoms with Crippen molar-refractivity contribution in [3.63, 3.8) is 0 Å². The SMILES string of the molecule is COc1cc(Cl)cc(C(=O)N(C)OC)c1OC(F)F. The van der Waals surface area contributed by atoms with Gasteiger partial charge in [0.15, 0.2) is 11.5 Å². The second-order valence-corrected chi connectivity index (χ2v) is 3.78. The fourth-order valence-electron chi connectivity index (χ4n) is 1.34. The van der Waals surface area contributed by atoms with Gasteiger partial charge in [-0.15, -0.1) is 0 Å². The van der Waals surface area contributed by atoms with Crippen LogP contribution >= 0.6 is 11.6 Å². The first-order valence-corrected chi connectivity index (χ1v) is 5.43. The van der Waals surface area contributed by atoms with E-state index in [9.17, 15) is 13.6 Å². The number of methoxy groups -OCH3 is 1. The van der Waals surface area contributed by atoms with Gasteiger partial charge >= 0.3 is 6.61 Å². The molecule has 0 aliphatic carbocycles. The quantitative estimate of drug-likeness (QED) is 0.783. The molecule has 0 atom stereocenters. The van der Waals surface area contributed by atoms with Crippen LogP contribution in [0.15, 0.2) is 12.1 Å². The zero-order valence-electron chi connectivity index (χ0n) is 10.4. The lowest BCUT2D eigenvalue weighted by Gasteiger charge is -2.18. The number of amides is 1. The summed E-state index contributed by atoms with van der Waals surface area (Å²) in [6.45, 7) is -3.10. The number of hydrogen-bond donors (Lipinski definition) is 0. The Morgan fingerprint density at radius 3 is 2.47 bits per heavy atom. The van der Waals surface area contributed by atoms with E-state index in [-0.39, 0.29) is 16.3 Å². The summed E-state index contributed by atoms with van der Waals surface area (Å²) in [4.78, 5) is 16.7. The van der Waals surface area contributed by atoms with Crippen molar-refractivity contribution in [3.05, 3.63) is 22.7 Å². The van der Waals surface area contributed by atoms with E-state index in [1.807, 2.05) is 0 Å². The van der Waals surface area contributed by atoms with Crippen LogP contribution in [0.4, 0.5) is 8.78 Å². The van der Waals surface area contributed by atoms with E-state index in [2.05, 4.69) is 4.74 Å². The maximum absolute atomic E-state index is 12.4. The molecule has 0 saturated carbocycles. The molecule has 0 aliphatic rings. The maximum Gasteiger partial charge on any atom is 0.387 e. The topological polar surface area (TPSA) is 48.0 Å². The molecule has 1 rings (SSSR count). The zero-order valence-corrected chi connectivity index (χ0v) is 11.2. The molecular formula is C11H12ClF2NO4. The van der Waals surface area contributed by atoms with Crippen molar-refractivity contribution in [1.82, 2.24) is 5.06 Å². The van der Waals surface area contributed by atoms with Crippen molar-refractivity contribution in [2.45, 2.75) is 6.61 Å². The Bertz CT molecular complexity index is 470. The molecule has 0 aromatic heterocycles. The first kappa shape index (κ1) is 15.5. The van der Waals surface area contributed by atoms with Crippen molar-refractivity contribution in [2.24, 2.45) is 0 Å². The van der Waals surface area contributed by atoms with Crippen molar-refractivity contribution < 1.29 is 27.9 Å². The van der Waals surface area contributed by atoms with E-state index in [0.717, 1.165) is 5.06 Å². The normalized spacial score (nSPS) is 10.5. The summed E-state index contributed by atoms with van der Waals surface area (Å²) >= 11 is 5.79. The van der Waals surface area contributed by atoms with Crippen LogP contribution in [-0.4, -0.2) is 38.8 Å². The molecule has 19 heavy (non-hydrogen) atoms. The van der Waals surface area contributed by atoms with E-state index in [4.69, 9.17) is 21.2 Å². The van der Waals surface area contributed by atoms with Crippen LogP contribution in [0, 0.1) is 0 Å². The lowest BCUT2D eigenvalue weighted by Crippen LogP contribution is -2.26. The molecular weight excluding hydrogens is 284 g/mol. The fraction of sp³-hybridized carbons (Fsp3) is 0.364. The minimum atomic E-state index is -3.10. The standard InChI is InChI=1S/C11H12ClF2NO4/c1-15(18-3)10(16)7-4-6(12)5-8(17-2)9(7)19-11(13)14/h4-5,11H,1-3H3. The molecule has 0 aliphatic heterocycles.